The van der Waals surface area contributed by atoms with Crippen molar-refractivity contribution in [1.29, 1.82) is 0 Å². The first-order valence-corrected chi connectivity index (χ1v) is 6.96. The van der Waals surface area contributed by atoms with Gasteiger partial charge in [-0.3, -0.25) is 9.69 Å². The van der Waals surface area contributed by atoms with Crippen LogP contribution in [0.2, 0.25) is 0 Å². The summed E-state index contributed by atoms with van der Waals surface area (Å²) in [5.41, 5.74) is 0.171. The van der Waals surface area contributed by atoms with Gasteiger partial charge in [-0.1, -0.05) is 6.92 Å². The molecule has 1 rings (SSSR count). The number of carboxylic acid groups (broad SMARTS) is 1. The molecule has 2 atom stereocenters. The second-order valence-electron chi connectivity index (χ2n) is 6.22. The third-order valence-corrected chi connectivity index (χ3v) is 4.26. The Morgan fingerprint density at radius 3 is 2.61 bits per heavy atom. The number of likely N-dealkylation sites (N-methyl/N-ethyl adjacent to an activating group) is 1. The molecular formula is C14H28N2O2. The summed E-state index contributed by atoms with van der Waals surface area (Å²) >= 11 is 0. The van der Waals surface area contributed by atoms with Crippen molar-refractivity contribution in [3.8, 4) is 0 Å². The van der Waals surface area contributed by atoms with Crippen LogP contribution in [0.4, 0.5) is 0 Å². The molecule has 106 valence electrons. The van der Waals surface area contributed by atoms with Gasteiger partial charge in [0.25, 0.3) is 0 Å². The van der Waals surface area contributed by atoms with Gasteiger partial charge in [0, 0.05) is 37.1 Å². The van der Waals surface area contributed by atoms with Gasteiger partial charge in [0.05, 0.1) is 0 Å². The molecule has 1 saturated heterocycles. The molecule has 0 amide bonds. The summed E-state index contributed by atoms with van der Waals surface area (Å²) < 4.78 is 0. The number of hydrogen-bond acceptors (Lipinski definition) is 3. The Kier molecular flexibility index (Phi) is 5.17. The van der Waals surface area contributed by atoms with E-state index in [1.807, 2.05) is 0 Å². The second kappa shape index (κ2) is 6.02. The minimum atomic E-state index is -0.691. The highest BCUT2D eigenvalue weighted by Gasteiger charge is 2.38. The van der Waals surface area contributed by atoms with E-state index < -0.39 is 5.97 Å². The summed E-state index contributed by atoms with van der Waals surface area (Å²) in [7, 11) is 2.11. The van der Waals surface area contributed by atoms with Gasteiger partial charge in [-0.15, -0.1) is 0 Å². The van der Waals surface area contributed by atoms with Crippen LogP contribution < -0.4 is 0 Å². The summed E-state index contributed by atoms with van der Waals surface area (Å²) in [6, 6.07) is 0.921. The van der Waals surface area contributed by atoms with Gasteiger partial charge in [-0.2, -0.15) is 0 Å². The van der Waals surface area contributed by atoms with Gasteiger partial charge in [0.15, 0.2) is 0 Å². The molecule has 0 aromatic carbocycles. The maximum Gasteiger partial charge on any atom is 0.303 e. The monoisotopic (exact) mass is 256 g/mol. The lowest BCUT2D eigenvalue weighted by molar-refractivity contribution is -0.137. The third-order valence-electron chi connectivity index (χ3n) is 4.26. The second-order valence-corrected chi connectivity index (χ2v) is 6.22. The Morgan fingerprint density at radius 2 is 2.11 bits per heavy atom. The predicted molar refractivity (Wildman–Crippen MR) is 73.8 cm³/mol. The largest absolute Gasteiger partial charge is 0.481 e. The predicted octanol–water partition coefficient (Wildman–Crippen LogP) is 2.04. The Hall–Kier alpha value is -0.610. The van der Waals surface area contributed by atoms with Crippen molar-refractivity contribution in [2.45, 2.75) is 64.6 Å². The number of rotatable bonds is 5. The molecule has 0 spiro atoms. The zero-order chi connectivity index (χ0) is 13.9. The molecule has 2 unspecified atom stereocenters. The van der Waals surface area contributed by atoms with Crippen LogP contribution in [0, 0.1) is 0 Å². The lowest BCUT2D eigenvalue weighted by atomic mass is 9.92. The van der Waals surface area contributed by atoms with Gasteiger partial charge in [-0.05, 0) is 40.7 Å². The summed E-state index contributed by atoms with van der Waals surface area (Å²) in [5.74, 6) is -0.691. The molecule has 0 radical (unpaired) electrons. The zero-order valence-corrected chi connectivity index (χ0v) is 12.4. The fourth-order valence-electron chi connectivity index (χ4n) is 3.04. The van der Waals surface area contributed by atoms with Crippen molar-refractivity contribution >= 4 is 5.97 Å². The quantitative estimate of drug-likeness (QED) is 0.817. The number of carbonyl (C=O) groups is 1. The first-order valence-electron chi connectivity index (χ1n) is 6.96. The van der Waals surface area contributed by atoms with Crippen LogP contribution in [0.1, 0.15) is 47.0 Å². The van der Waals surface area contributed by atoms with Crippen molar-refractivity contribution in [3.05, 3.63) is 0 Å². The maximum atomic E-state index is 10.7. The highest BCUT2D eigenvalue weighted by molar-refractivity contribution is 5.66. The van der Waals surface area contributed by atoms with E-state index in [9.17, 15) is 4.79 Å². The van der Waals surface area contributed by atoms with Crippen molar-refractivity contribution in [1.82, 2.24) is 9.80 Å². The fraction of sp³-hybridized carbons (Fsp3) is 0.929. The Bertz CT molecular complexity index is 292. The van der Waals surface area contributed by atoms with Gasteiger partial charge in [0.1, 0.15) is 0 Å². The van der Waals surface area contributed by atoms with Crippen molar-refractivity contribution in [2.24, 2.45) is 0 Å². The molecular weight excluding hydrogens is 228 g/mol. The van der Waals surface area contributed by atoms with E-state index in [4.69, 9.17) is 5.11 Å². The highest BCUT2D eigenvalue weighted by atomic mass is 16.4. The number of nitrogens with zero attached hydrogens (tertiary/aromatic N) is 2. The van der Waals surface area contributed by atoms with E-state index in [1.54, 1.807) is 0 Å². The van der Waals surface area contributed by atoms with Crippen LogP contribution in [-0.2, 0) is 4.79 Å². The van der Waals surface area contributed by atoms with Crippen LogP contribution in [0.15, 0.2) is 0 Å². The molecule has 0 aromatic heterocycles. The highest BCUT2D eigenvalue weighted by Crippen LogP contribution is 2.28. The molecule has 1 aliphatic rings. The average Bonchev–Trinajstić information content (AvgIpc) is 2.25. The van der Waals surface area contributed by atoms with E-state index in [2.05, 4.69) is 44.5 Å². The lowest BCUT2D eigenvalue weighted by Crippen LogP contribution is -2.64. The molecule has 1 aliphatic heterocycles. The molecule has 4 heteroatoms. The molecule has 0 saturated carbocycles. The van der Waals surface area contributed by atoms with E-state index in [-0.39, 0.29) is 12.0 Å². The van der Waals surface area contributed by atoms with Crippen LogP contribution in [-0.4, -0.2) is 58.6 Å². The van der Waals surface area contributed by atoms with Crippen LogP contribution in [0.25, 0.3) is 0 Å². The normalized spacial score (nSPS) is 27.1. The van der Waals surface area contributed by atoms with Gasteiger partial charge in [-0.25, -0.2) is 0 Å². The molecule has 0 aliphatic carbocycles. The molecule has 1 N–H and O–H groups in total. The lowest BCUT2D eigenvalue weighted by Gasteiger charge is -2.52. The van der Waals surface area contributed by atoms with Gasteiger partial charge >= 0.3 is 5.97 Å². The Balaban J connectivity index is 2.70. The van der Waals surface area contributed by atoms with E-state index in [1.165, 1.54) is 0 Å². The molecule has 1 heterocycles. The number of hydrogen-bond donors (Lipinski definition) is 1. The van der Waals surface area contributed by atoms with Gasteiger partial charge < -0.3 is 10.0 Å². The van der Waals surface area contributed by atoms with Crippen LogP contribution in [0.5, 0.6) is 0 Å². The summed E-state index contributed by atoms with van der Waals surface area (Å²) in [4.78, 5) is 15.6. The minimum absolute atomic E-state index is 0.171. The Labute approximate surface area is 111 Å². The maximum absolute atomic E-state index is 10.7. The molecule has 4 nitrogen and oxygen atoms in total. The van der Waals surface area contributed by atoms with E-state index in [0.717, 1.165) is 25.9 Å². The Morgan fingerprint density at radius 1 is 1.50 bits per heavy atom. The number of aliphatic carboxylic acids is 1. The zero-order valence-electron chi connectivity index (χ0n) is 12.4. The van der Waals surface area contributed by atoms with Crippen LogP contribution >= 0.6 is 0 Å². The molecule has 0 bridgehead atoms. The first-order chi connectivity index (χ1) is 8.27. The fourth-order valence-corrected chi connectivity index (χ4v) is 3.04. The standard InChI is InChI=1S/C14H28N2O2/c1-6-11(2)16-9-12(7-8-13(17)18)15(5)10-14(16,3)4/h11-12H,6-10H2,1-5H3,(H,17,18). The summed E-state index contributed by atoms with van der Waals surface area (Å²) in [6.45, 7) is 11.0. The van der Waals surface area contributed by atoms with Gasteiger partial charge in [0.2, 0.25) is 0 Å². The minimum Gasteiger partial charge on any atom is -0.481 e. The SMILES string of the molecule is CCC(C)N1CC(CCC(=O)O)N(C)CC1(C)C. The molecule has 0 aromatic rings. The van der Waals surface area contributed by atoms with Crippen LogP contribution in [0.3, 0.4) is 0 Å². The third kappa shape index (κ3) is 3.69. The molecule has 18 heavy (non-hydrogen) atoms. The average molecular weight is 256 g/mol. The number of carboxylic acids is 1. The molecule has 1 fully saturated rings. The van der Waals surface area contributed by atoms with Crippen molar-refractivity contribution < 1.29 is 9.90 Å². The van der Waals surface area contributed by atoms with E-state index in [0.29, 0.717) is 12.1 Å². The topological polar surface area (TPSA) is 43.8 Å². The number of piperazine rings is 1. The first kappa shape index (κ1) is 15.4. The van der Waals surface area contributed by atoms with Crippen molar-refractivity contribution in [2.75, 3.05) is 20.1 Å². The summed E-state index contributed by atoms with van der Waals surface area (Å²) in [5, 5.41) is 8.82. The smallest absolute Gasteiger partial charge is 0.303 e. The van der Waals surface area contributed by atoms with E-state index >= 15 is 0 Å². The summed E-state index contributed by atoms with van der Waals surface area (Å²) in [6.07, 6.45) is 2.15. The van der Waals surface area contributed by atoms with Crippen molar-refractivity contribution in [3.63, 3.8) is 0 Å².